The first-order chi connectivity index (χ1) is 70.4. The molecule has 1 amide bonds. The fourth-order valence-corrected chi connectivity index (χ4v) is 8.23. The van der Waals surface area contributed by atoms with Crippen LogP contribution in [0.25, 0.3) is 0 Å². The minimum Gasteiger partial charge on any atom is -0.494 e. The van der Waals surface area contributed by atoms with E-state index in [1.165, 1.54) is 43.3 Å². The summed E-state index contributed by atoms with van der Waals surface area (Å²) in [5.41, 5.74) is 1.91. The predicted molar refractivity (Wildman–Crippen MR) is 527 cm³/mol. The second-order valence-corrected chi connectivity index (χ2v) is 28.4. The number of carboxylic acid groups (broad SMARTS) is 3. The largest absolute Gasteiger partial charge is 0.494 e. The van der Waals surface area contributed by atoms with E-state index in [1.54, 1.807) is 64.2 Å². The number of methoxy groups -OCH3 is 2. The number of aliphatic hydroxyl groups excluding tert-OH is 2. The first kappa shape index (κ1) is 144. The van der Waals surface area contributed by atoms with Gasteiger partial charge in [-0.3, -0.25) is 19.2 Å². The summed E-state index contributed by atoms with van der Waals surface area (Å²) in [7, 11) is 3.09. The highest BCUT2D eigenvalue weighted by molar-refractivity contribution is 5.91. The number of aliphatic carboxylic acids is 1. The molecule has 38 nitrogen and oxygen atoms in total. The van der Waals surface area contributed by atoms with Crippen LogP contribution in [0.4, 0.5) is 35.1 Å². The molecule has 1 fully saturated rings. The molecule has 5 rings (SSSR count). The van der Waals surface area contributed by atoms with Gasteiger partial charge in [-0.2, -0.15) is 26.3 Å². The maximum atomic E-state index is 12.7. The van der Waals surface area contributed by atoms with Crippen LogP contribution in [0, 0.1) is 0 Å². The number of aliphatic hydroxyl groups is 2. The van der Waals surface area contributed by atoms with Gasteiger partial charge in [0.1, 0.15) is 75.9 Å². The van der Waals surface area contributed by atoms with Crippen molar-refractivity contribution in [2.75, 3.05) is 159 Å². The van der Waals surface area contributed by atoms with Crippen LogP contribution in [0.5, 0.6) is 23.0 Å². The molecule has 0 aliphatic carbocycles. The summed E-state index contributed by atoms with van der Waals surface area (Å²) in [6.07, 6.45) is 7.17. The first-order valence-corrected chi connectivity index (χ1v) is 44.6. The summed E-state index contributed by atoms with van der Waals surface area (Å²) < 4.78 is 180. The van der Waals surface area contributed by atoms with E-state index in [0.717, 1.165) is 48.6 Å². The van der Waals surface area contributed by atoms with E-state index >= 15 is 0 Å². The molecule has 0 unspecified atom stereocenters. The number of carboxylic acids is 3. The van der Waals surface area contributed by atoms with Crippen LogP contribution >= 0.6 is 0 Å². The third-order valence-corrected chi connectivity index (χ3v) is 16.0. The number of carbonyl (C=O) groups excluding carboxylic acids is 12. The van der Waals surface area contributed by atoms with Gasteiger partial charge in [0, 0.05) is 99.6 Å². The molecule has 46 heteroatoms. The third kappa shape index (κ3) is 83.6. The molecule has 0 radical (unpaired) electrons. The minimum atomic E-state index is -6.38. The van der Waals surface area contributed by atoms with E-state index in [9.17, 15) is 107 Å². The van der Waals surface area contributed by atoms with Gasteiger partial charge in [0.25, 0.3) is 0 Å². The summed E-state index contributed by atoms with van der Waals surface area (Å²) >= 11 is 0. The van der Waals surface area contributed by atoms with Gasteiger partial charge in [-0.1, -0.05) is 109 Å². The van der Waals surface area contributed by atoms with Gasteiger partial charge in [-0.25, -0.2) is 61.5 Å². The van der Waals surface area contributed by atoms with E-state index in [0.29, 0.717) is 172 Å². The Labute approximate surface area is 859 Å². The number of halogens is 8. The van der Waals surface area contributed by atoms with Crippen molar-refractivity contribution >= 4 is 89.3 Å². The van der Waals surface area contributed by atoms with Crippen molar-refractivity contribution in [3.8, 4) is 23.0 Å². The van der Waals surface area contributed by atoms with Gasteiger partial charge in [-0.15, -0.1) is 0 Å². The van der Waals surface area contributed by atoms with Crippen LogP contribution in [-0.4, -0.2) is 303 Å². The Hall–Kier alpha value is -15.3. The van der Waals surface area contributed by atoms with Crippen molar-refractivity contribution in [1.29, 1.82) is 0 Å². The number of amides is 1. The van der Waals surface area contributed by atoms with Gasteiger partial charge in [-0.05, 0) is 158 Å². The molecule has 4 aromatic rings. The average Bonchev–Trinajstić information content (AvgIpc) is 0.759. The Kier molecular flexibility index (Phi) is 89.7. The number of rotatable bonds is 57. The number of esters is 10. The Morgan fingerprint density at radius 2 is 0.664 bits per heavy atom. The number of carbonyl (C=O) groups is 15. The van der Waals surface area contributed by atoms with Crippen LogP contribution in [0.2, 0.25) is 0 Å². The zero-order chi connectivity index (χ0) is 114. The Balaban J connectivity index is -0.000000382. The van der Waals surface area contributed by atoms with Gasteiger partial charge >= 0.3 is 102 Å². The molecular formula is C103H135F8NO37. The van der Waals surface area contributed by atoms with Crippen molar-refractivity contribution in [2.24, 2.45) is 0 Å². The molecule has 0 atom stereocenters. The zero-order valence-electron chi connectivity index (χ0n) is 84.2. The molecule has 0 aromatic heterocycles. The van der Waals surface area contributed by atoms with Crippen LogP contribution in [-0.2, 0) is 124 Å². The number of nitrogens with zero attached hydrogens (tertiary/aromatic N) is 1. The van der Waals surface area contributed by atoms with E-state index < -0.39 is 90.5 Å². The van der Waals surface area contributed by atoms with Crippen molar-refractivity contribution in [3.05, 3.63) is 258 Å². The molecule has 1 saturated heterocycles. The monoisotopic (exact) mass is 2130 g/mol. The van der Waals surface area contributed by atoms with Crippen molar-refractivity contribution in [2.45, 2.75) is 116 Å². The molecule has 5 N–H and O–H groups in total. The van der Waals surface area contributed by atoms with Crippen LogP contribution in [0.15, 0.2) is 246 Å². The zero-order valence-corrected chi connectivity index (χ0v) is 84.2. The lowest BCUT2D eigenvalue weighted by Gasteiger charge is -2.31. The minimum absolute atomic E-state index is 0.000880. The Morgan fingerprint density at radius 1 is 0.362 bits per heavy atom. The summed E-state index contributed by atoms with van der Waals surface area (Å²) in [6.45, 7) is 47.5. The number of hydrogen-bond donors (Lipinski definition) is 5. The number of hydrogen-bond acceptors (Lipinski definition) is 34. The molecule has 0 bridgehead atoms. The Bertz CT molecular complexity index is 4660. The van der Waals surface area contributed by atoms with Crippen LogP contribution < -0.4 is 18.9 Å². The predicted octanol–water partition coefficient (Wildman–Crippen LogP) is 14.5. The molecule has 1 aliphatic rings. The van der Waals surface area contributed by atoms with Gasteiger partial charge in [0.2, 0.25) is 5.91 Å². The maximum Gasteiger partial charge on any atom is 0.381 e. The van der Waals surface area contributed by atoms with Crippen molar-refractivity contribution < 1.29 is 213 Å². The van der Waals surface area contributed by atoms with Crippen molar-refractivity contribution in [1.82, 2.24) is 4.90 Å². The SMILES string of the molecule is C=C(C)C(=O)OCCCCOc1ccc(C(=O)O)cc1.C=C(C)C(=O)OCCOC.C=C(C)C(=O)OCCOC(=O)CCC(=O)O.C=C(C)C(=O)OCCOc1ccccc1.C=CC(=O)CCCO.C=CC(=O)N1CCOCC1.C=CC(=O)OCC(F)(F)C(F)(F)C(F)(F)C(F)F.C=CC(=O)OCCCCO.C=CC(=O)OCCCCOc1ccc(C(=O)O)cc1.C=CC(=O)OCCOC.C=CC(=O)OCCOc1ccccc1. The molecule has 149 heavy (non-hydrogen) atoms. The maximum absolute atomic E-state index is 12.7. The fourth-order valence-electron chi connectivity index (χ4n) is 8.23. The van der Waals surface area contributed by atoms with Crippen LogP contribution in [0.1, 0.15) is 113 Å². The lowest BCUT2D eigenvalue weighted by atomic mass is 10.1. The number of ketones is 1. The molecule has 0 spiro atoms. The fraction of sp³-hybridized carbons (Fsp3) is 0.408. The van der Waals surface area contributed by atoms with Gasteiger partial charge in [0.05, 0.1) is 83.4 Å². The standard InChI is InChI=1S/C15H18O5.C14H16O5.C12H14O3.C11H12O3.C10H14O6.C8H6F8O2.C7H11NO2.2C7H12O3.C6H10O3.C6H10O2/c1-11(2)15(18)20-10-4-3-9-19-13-7-5-12(6-8-13)14(16)17;1-2-13(15)19-10-4-3-9-18-12-7-5-11(6-8-12)14(16)17;1-10(2)12(13)15-9-8-14-11-6-4-3-5-7-11;1-2-11(12)14-9-8-13-10-6-4-3-5-7-10;1-7(2)10(14)16-6-5-15-9(13)4-3-8(11)12;1-2-4(17)18-3-6(11,12)8(15,16)7(13,14)5(9)10;1-2-7(9)8-3-5-10-6-4-8;1-6(2)7(8)10-5-4-9-3;1-2-7(9)10-6-4-3-5-8;1-3-6(7)9-5-4-8-2;1-2-6(8)4-3-5-7/h5-8H,1,3-4,9-10H2,2H3,(H,16,17);2,5-8H,1,3-4,9-10H2,(H,16,17);3-7H,1,8-9H2,2H3;2-7H,1,8-9H2;1,3-6H2,2H3,(H,11,12);2,5H,1,3H2;2H,1,3-6H2;1,4-5H2,2-3H3;2,8H,1,3-6H2;3H,1,4-5H2,2H3;2,7H,1,3-5H2. The van der Waals surface area contributed by atoms with Gasteiger partial charge in [0.15, 0.2) is 12.4 Å². The molecule has 0 saturated carbocycles. The molecule has 830 valence electrons. The lowest BCUT2D eigenvalue weighted by molar-refractivity contribution is -0.344. The summed E-state index contributed by atoms with van der Waals surface area (Å²) in [4.78, 5) is 161. The second-order valence-electron chi connectivity index (χ2n) is 28.4. The number of alkyl halides is 8. The van der Waals surface area contributed by atoms with Gasteiger partial charge < -0.3 is 111 Å². The average molecular weight is 2130 g/mol. The highest BCUT2D eigenvalue weighted by Gasteiger charge is 2.75. The molecule has 1 heterocycles. The van der Waals surface area contributed by atoms with Crippen LogP contribution in [0.3, 0.4) is 0 Å². The lowest BCUT2D eigenvalue weighted by Crippen LogP contribution is -2.59. The summed E-state index contributed by atoms with van der Waals surface area (Å²) in [5, 5.41) is 42.3. The molecule has 1 aliphatic heterocycles. The summed E-state index contributed by atoms with van der Waals surface area (Å²) in [6, 6.07) is 31.1. The smallest absolute Gasteiger partial charge is 0.381 e. The number of unbranched alkanes of at least 4 members (excludes halogenated alkanes) is 3. The third-order valence-electron chi connectivity index (χ3n) is 16.0. The highest BCUT2D eigenvalue weighted by atomic mass is 19.4. The number of para-hydroxylation sites is 2. The van der Waals surface area contributed by atoms with Crippen molar-refractivity contribution in [3.63, 3.8) is 0 Å². The molecule has 4 aromatic carbocycles. The van der Waals surface area contributed by atoms with E-state index in [2.05, 4.69) is 110 Å². The number of benzene rings is 4. The number of ether oxygens (including phenoxy) is 17. The van der Waals surface area contributed by atoms with E-state index in [1.807, 2.05) is 60.7 Å². The first-order valence-electron chi connectivity index (χ1n) is 44.6. The van der Waals surface area contributed by atoms with E-state index in [4.69, 9.17) is 68.2 Å². The Morgan fingerprint density at radius 3 is 0.993 bits per heavy atom. The number of morpholine rings is 1. The normalized spacial score (nSPS) is 10.4. The quantitative estimate of drug-likeness (QED) is 0.00901. The number of allylic oxidation sites excluding steroid dienone is 1. The topological polar surface area (TPSA) is 517 Å². The highest BCUT2D eigenvalue weighted by Crippen LogP contribution is 2.48. The van der Waals surface area contributed by atoms with E-state index in [-0.39, 0.29) is 98.8 Å². The number of aromatic carboxylic acids is 2. The summed E-state index contributed by atoms with van der Waals surface area (Å²) in [5.74, 6) is -24.1. The molecular weight excluding hydrogens is 2000 g/mol. The second kappa shape index (κ2) is 92.6.